The van der Waals surface area contributed by atoms with Crippen LogP contribution in [0.25, 0.3) is 0 Å². The summed E-state index contributed by atoms with van der Waals surface area (Å²) in [5.74, 6) is -0.396. The van der Waals surface area contributed by atoms with E-state index in [0.717, 1.165) is 17.3 Å². The van der Waals surface area contributed by atoms with Gasteiger partial charge in [-0.2, -0.15) is 0 Å². The molecular weight excluding hydrogens is 308 g/mol. The average Bonchev–Trinajstić information content (AvgIpc) is 2.44. The number of halogens is 1. The maximum absolute atomic E-state index is 11.9. The molecule has 0 fully saturated rings. The second kappa shape index (κ2) is 7.94. The average molecular weight is 327 g/mol. The first kappa shape index (κ1) is 15.7. The van der Waals surface area contributed by atoms with Gasteiger partial charge in [-0.25, -0.2) is 0 Å². The minimum absolute atomic E-state index is 0.160. The first-order valence-electron chi connectivity index (χ1n) is 6.32. The molecule has 2 N–H and O–H groups in total. The lowest BCUT2D eigenvalue weighted by Gasteiger charge is -2.13. The highest BCUT2D eigenvalue weighted by Crippen LogP contribution is 2.08. The van der Waals surface area contributed by atoms with Crippen molar-refractivity contribution in [3.8, 4) is 0 Å². The molecular formula is C14H19BrN2O2. The zero-order chi connectivity index (χ0) is 14.3. The van der Waals surface area contributed by atoms with Gasteiger partial charge < -0.3 is 10.6 Å². The van der Waals surface area contributed by atoms with Crippen LogP contribution >= 0.6 is 15.9 Å². The van der Waals surface area contributed by atoms with E-state index in [1.54, 1.807) is 19.1 Å². The highest BCUT2D eigenvalue weighted by molar-refractivity contribution is 9.08. The van der Waals surface area contributed by atoms with Crippen molar-refractivity contribution in [1.29, 1.82) is 0 Å². The topological polar surface area (TPSA) is 58.2 Å². The van der Waals surface area contributed by atoms with Crippen LogP contribution in [0.1, 0.15) is 36.2 Å². The summed E-state index contributed by atoms with van der Waals surface area (Å²) in [4.78, 5) is 23.6. The van der Waals surface area contributed by atoms with Crippen molar-refractivity contribution in [1.82, 2.24) is 10.6 Å². The van der Waals surface area contributed by atoms with Crippen LogP contribution in [0.5, 0.6) is 0 Å². The normalized spacial score (nSPS) is 11.7. The Morgan fingerprint density at radius 1 is 1.26 bits per heavy atom. The number of nitrogens with one attached hydrogen (secondary N) is 2. The molecule has 5 heteroatoms. The van der Waals surface area contributed by atoms with Gasteiger partial charge in [0, 0.05) is 17.4 Å². The Labute approximate surface area is 122 Å². The maximum Gasteiger partial charge on any atom is 0.251 e. The maximum atomic E-state index is 11.9. The lowest BCUT2D eigenvalue weighted by Crippen LogP contribution is -2.44. The summed E-state index contributed by atoms with van der Waals surface area (Å²) < 4.78 is 0. The molecule has 0 aliphatic rings. The summed E-state index contributed by atoms with van der Waals surface area (Å²) in [6.07, 6.45) is 0.875. The Morgan fingerprint density at radius 2 is 1.89 bits per heavy atom. The highest BCUT2D eigenvalue weighted by atomic mass is 79.9. The van der Waals surface area contributed by atoms with Crippen LogP contribution < -0.4 is 10.6 Å². The predicted molar refractivity (Wildman–Crippen MR) is 79.3 cm³/mol. The third-order valence-corrected chi connectivity index (χ3v) is 3.31. The van der Waals surface area contributed by atoms with Crippen LogP contribution in [-0.2, 0) is 10.1 Å². The molecule has 1 aromatic rings. The van der Waals surface area contributed by atoms with E-state index in [1.807, 2.05) is 19.1 Å². The summed E-state index contributed by atoms with van der Waals surface area (Å²) in [5.41, 5.74) is 1.66. The summed E-state index contributed by atoms with van der Waals surface area (Å²) in [5, 5.41) is 6.18. The van der Waals surface area contributed by atoms with E-state index in [1.165, 1.54) is 0 Å². The molecule has 0 aromatic heterocycles. The number of amides is 2. The smallest absolute Gasteiger partial charge is 0.251 e. The summed E-state index contributed by atoms with van der Waals surface area (Å²) in [6, 6.07) is 6.73. The van der Waals surface area contributed by atoms with E-state index in [4.69, 9.17) is 0 Å². The Balaban J connectivity index is 2.55. The first-order chi connectivity index (χ1) is 9.08. The third-order valence-electron chi connectivity index (χ3n) is 2.66. The van der Waals surface area contributed by atoms with Gasteiger partial charge in [-0.15, -0.1) is 0 Å². The first-order valence-corrected chi connectivity index (χ1v) is 7.44. The van der Waals surface area contributed by atoms with Gasteiger partial charge in [-0.1, -0.05) is 35.0 Å². The standard InChI is InChI=1S/C14H19BrN2O2/c1-3-8-16-13(18)10(2)17-14(19)12-6-4-11(9-15)5-7-12/h4-7,10H,3,8-9H2,1-2H3,(H,16,18)(H,17,19). The minimum atomic E-state index is -0.532. The van der Waals surface area contributed by atoms with Gasteiger partial charge in [-0.3, -0.25) is 9.59 Å². The fourth-order valence-corrected chi connectivity index (χ4v) is 1.87. The fraction of sp³-hybridized carbons (Fsp3) is 0.429. The number of rotatable bonds is 6. The number of carbonyl (C=O) groups excluding carboxylic acids is 2. The number of carbonyl (C=O) groups is 2. The van der Waals surface area contributed by atoms with Crippen LogP contribution in [0.4, 0.5) is 0 Å². The lowest BCUT2D eigenvalue weighted by molar-refractivity contribution is -0.122. The minimum Gasteiger partial charge on any atom is -0.354 e. The highest BCUT2D eigenvalue weighted by Gasteiger charge is 2.15. The van der Waals surface area contributed by atoms with E-state index < -0.39 is 6.04 Å². The number of benzene rings is 1. The van der Waals surface area contributed by atoms with Crippen LogP contribution in [0.15, 0.2) is 24.3 Å². The van der Waals surface area contributed by atoms with E-state index in [-0.39, 0.29) is 11.8 Å². The summed E-state index contributed by atoms with van der Waals surface area (Å²) in [7, 11) is 0. The second-order valence-corrected chi connectivity index (χ2v) is 4.88. The fourth-order valence-electron chi connectivity index (χ4n) is 1.49. The molecule has 1 atom stereocenters. The van der Waals surface area contributed by atoms with Crippen molar-refractivity contribution < 1.29 is 9.59 Å². The molecule has 0 aliphatic heterocycles. The molecule has 0 aliphatic carbocycles. The largest absolute Gasteiger partial charge is 0.354 e. The molecule has 104 valence electrons. The number of hydrogen-bond donors (Lipinski definition) is 2. The number of hydrogen-bond acceptors (Lipinski definition) is 2. The molecule has 1 rings (SSSR count). The lowest BCUT2D eigenvalue weighted by atomic mass is 10.1. The molecule has 19 heavy (non-hydrogen) atoms. The quantitative estimate of drug-likeness (QED) is 0.787. The Morgan fingerprint density at radius 3 is 2.42 bits per heavy atom. The molecule has 1 unspecified atom stereocenters. The Kier molecular flexibility index (Phi) is 6.56. The van der Waals surface area contributed by atoms with Gasteiger partial charge in [0.15, 0.2) is 0 Å². The molecule has 0 spiro atoms. The van der Waals surface area contributed by atoms with Crippen LogP contribution in [0, 0.1) is 0 Å². The molecule has 2 amide bonds. The van der Waals surface area contributed by atoms with Gasteiger partial charge in [-0.05, 0) is 31.0 Å². The van der Waals surface area contributed by atoms with Crippen LogP contribution in [0.2, 0.25) is 0 Å². The Hall–Kier alpha value is -1.36. The predicted octanol–water partition coefficient (Wildman–Crippen LogP) is 2.23. The zero-order valence-corrected chi connectivity index (χ0v) is 12.8. The van der Waals surface area contributed by atoms with Gasteiger partial charge in [0.05, 0.1) is 0 Å². The second-order valence-electron chi connectivity index (χ2n) is 4.32. The molecule has 0 radical (unpaired) electrons. The molecule has 0 bridgehead atoms. The Bertz CT molecular complexity index is 432. The summed E-state index contributed by atoms with van der Waals surface area (Å²) in [6.45, 7) is 4.28. The van der Waals surface area contributed by atoms with E-state index in [9.17, 15) is 9.59 Å². The monoisotopic (exact) mass is 326 g/mol. The molecule has 0 saturated carbocycles. The SMILES string of the molecule is CCCNC(=O)C(C)NC(=O)c1ccc(CBr)cc1. The van der Waals surface area contributed by atoms with E-state index in [2.05, 4.69) is 26.6 Å². The molecule has 1 aromatic carbocycles. The van der Waals surface area contributed by atoms with Crippen LogP contribution in [-0.4, -0.2) is 24.4 Å². The zero-order valence-electron chi connectivity index (χ0n) is 11.2. The van der Waals surface area contributed by atoms with Crippen molar-refractivity contribution in [2.45, 2.75) is 31.6 Å². The van der Waals surface area contributed by atoms with Crippen molar-refractivity contribution >= 4 is 27.7 Å². The molecule has 0 heterocycles. The van der Waals surface area contributed by atoms with Crippen molar-refractivity contribution in [3.63, 3.8) is 0 Å². The van der Waals surface area contributed by atoms with Crippen molar-refractivity contribution in [3.05, 3.63) is 35.4 Å². The van der Waals surface area contributed by atoms with Gasteiger partial charge in [0.2, 0.25) is 5.91 Å². The van der Waals surface area contributed by atoms with Gasteiger partial charge in [0.25, 0.3) is 5.91 Å². The van der Waals surface area contributed by atoms with Crippen LogP contribution in [0.3, 0.4) is 0 Å². The van der Waals surface area contributed by atoms with Crippen molar-refractivity contribution in [2.24, 2.45) is 0 Å². The van der Waals surface area contributed by atoms with E-state index >= 15 is 0 Å². The number of alkyl halides is 1. The molecule has 0 saturated heterocycles. The van der Waals surface area contributed by atoms with Crippen molar-refractivity contribution in [2.75, 3.05) is 6.54 Å². The molecule has 4 nitrogen and oxygen atoms in total. The van der Waals surface area contributed by atoms with Gasteiger partial charge >= 0.3 is 0 Å². The third kappa shape index (κ3) is 5.03. The summed E-state index contributed by atoms with van der Waals surface area (Å²) >= 11 is 3.35. The van der Waals surface area contributed by atoms with E-state index in [0.29, 0.717) is 12.1 Å². The van der Waals surface area contributed by atoms with Gasteiger partial charge in [0.1, 0.15) is 6.04 Å².